The first-order valence-corrected chi connectivity index (χ1v) is 12.7. The van der Waals surface area contributed by atoms with Crippen LogP contribution in [-0.2, 0) is 21.4 Å². The normalized spacial score (nSPS) is 17.0. The number of fused-ring (bicyclic) bond motifs is 1. The van der Waals surface area contributed by atoms with E-state index in [2.05, 4.69) is 15.6 Å². The molecule has 1 aromatic heterocycles. The standard InChI is InChI=1S/C23H29N5O5S/c1-4-12-27-20-10-9-17(15-18(20)25-26-27)34(30,31)28-13-6-5-7-21(28)23(29)24-19-14-16(32-2)8-11-22(19)33-3/h8-11,14-15,21H,4-7,12-13H2,1-3H3,(H,24,29)/t21-/m0/s1. The molecule has 3 aromatic rings. The number of anilines is 1. The molecule has 1 aliphatic heterocycles. The number of methoxy groups -OCH3 is 2. The second kappa shape index (κ2) is 9.98. The number of aromatic nitrogens is 3. The van der Waals surface area contributed by atoms with E-state index in [1.54, 1.807) is 35.0 Å². The van der Waals surface area contributed by atoms with Crippen molar-refractivity contribution in [2.75, 3.05) is 26.1 Å². The van der Waals surface area contributed by atoms with Crippen LogP contribution in [0.25, 0.3) is 11.0 Å². The van der Waals surface area contributed by atoms with Crippen molar-refractivity contribution in [3.05, 3.63) is 36.4 Å². The number of hydrogen-bond acceptors (Lipinski definition) is 7. The molecule has 34 heavy (non-hydrogen) atoms. The molecule has 10 nitrogen and oxygen atoms in total. The van der Waals surface area contributed by atoms with E-state index in [1.165, 1.54) is 24.6 Å². The van der Waals surface area contributed by atoms with Gasteiger partial charge in [0.2, 0.25) is 15.9 Å². The molecule has 1 aliphatic rings. The summed E-state index contributed by atoms with van der Waals surface area (Å²) in [7, 11) is -0.902. The summed E-state index contributed by atoms with van der Waals surface area (Å²) in [5.41, 5.74) is 1.70. The number of hydrogen-bond donors (Lipinski definition) is 1. The maximum absolute atomic E-state index is 13.6. The molecule has 1 N–H and O–H groups in total. The van der Waals surface area contributed by atoms with Gasteiger partial charge in [0.25, 0.3) is 0 Å². The molecule has 2 aromatic carbocycles. The first kappa shape index (κ1) is 24.0. The maximum atomic E-state index is 13.6. The highest BCUT2D eigenvalue weighted by Crippen LogP contribution is 2.31. The van der Waals surface area contributed by atoms with Crippen LogP contribution >= 0.6 is 0 Å². The van der Waals surface area contributed by atoms with E-state index >= 15 is 0 Å². The first-order chi connectivity index (χ1) is 16.4. The number of rotatable bonds is 8. The summed E-state index contributed by atoms with van der Waals surface area (Å²) in [6.07, 6.45) is 2.75. The Bertz CT molecular complexity index is 1290. The highest BCUT2D eigenvalue weighted by Gasteiger charge is 2.38. The first-order valence-electron chi connectivity index (χ1n) is 11.3. The van der Waals surface area contributed by atoms with Gasteiger partial charge in [-0.3, -0.25) is 4.79 Å². The van der Waals surface area contributed by atoms with Crippen LogP contribution in [0, 0.1) is 0 Å². The third-order valence-electron chi connectivity index (χ3n) is 5.95. The molecule has 0 aliphatic carbocycles. The summed E-state index contributed by atoms with van der Waals surface area (Å²) in [4.78, 5) is 13.4. The van der Waals surface area contributed by atoms with Gasteiger partial charge in [0.15, 0.2) is 0 Å². The van der Waals surface area contributed by atoms with Crippen LogP contribution in [0.3, 0.4) is 0 Å². The molecule has 0 radical (unpaired) electrons. The molecule has 11 heteroatoms. The van der Waals surface area contributed by atoms with Gasteiger partial charge in [0, 0.05) is 19.2 Å². The zero-order valence-electron chi connectivity index (χ0n) is 19.5. The van der Waals surface area contributed by atoms with E-state index in [-0.39, 0.29) is 11.4 Å². The van der Waals surface area contributed by atoms with Crippen LogP contribution < -0.4 is 14.8 Å². The molecule has 2 heterocycles. The Morgan fingerprint density at radius 2 is 1.97 bits per heavy atom. The van der Waals surface area contributed by atoms with Crippen LogP contribution in [0.5, 0.6) is 11.5 Å². The Hall–Kier alpha value is -3.18. The number of amides is 1. The second-order valence-electron chi connectivity index (χ2n) is 8.15. The molecule has 0 bridgehead atoms. The number of carbonyl (C=O) groups excluding carboxylic acids is 1. The molecule has 1 saturated heterocycles. The van der Waals surface area contributed by atoms with Crippen molar-refractivity contribution in [2.45, 2.75) is 50.1 Å². The largest absolute Gasteiger partial charge is 0.497 e. The van der Waals surface area contributed by atoms with Crippen molar-refractivity contribution in [1.29, 1.82) is 0 Å². The SMILES string of the molecule is CCCn1nnc2cc(S(=O)(=O)N3CCCC[C@H]3C(=O)Nc3cc(OC)ccc3OC)ccc21. The van der Waals surface area contributed by atoms with Crippen molar-refractivity contribution < 1.29 is 22.7 Å². The van der Waals surface area contributed by atoms with E-state index in [9.17, 15) is 13.2 Å². The Morgan fingerprint density at radius 1 is 1.15 bits per heavy atom. The molecule has 182 valence electrons. The second-order valence-corrected chi connectivity index (χ2v) is 10.0. The number of ether oxygens (including phenoxy) is 2. The third kappa shape index (κ3) is 4.58. The molecule has 0 spiro atoms. The van der Waals surface area contributed by atoms with Gasteiger partial charge < -0.3 is 14.8 Å². The fraction of sp³-hybridized carbons (Fsp3) is 0.435. The van der Waals surface area contributed by atoms with Crippen molar-refractivity contribution in [3.63, 3.8) is 0 Å². The van der Waals surface area contributed by atoms with Gasteiger partial charge in [0.05, 0.1) is 30.3 Å². The average Bonchev–Trinajstić information content (AvgIpc) is 3.26. The minimum absolute atomic E-state index is 0.0993. The number of nitrogens with zero attached hydrogens (tertiary/aromatic N) is 4. The van der Waals surface area contributed by atoms with E-state index in [1.807, 2.05) is 6.92 Å². The summed E-state index contributed by atoms with van der Waals surface area (Å²) in [6, 6.07) is 9.01. The molecule has 0 unspecified atom stereocenters. The predicted octanol–water partition coefficient (Wildman–Crippen LogP) is 3.04. The maximum Gasteiger partial charge on any atom is 0.243 e. The zero-order valence-corrected chi connectivity index (χ0v) is 20.3. The Kier molecular flexibility index (Phi) is 7.03. The smallest absolute Gasteiger partial charge is 0.243 e. The van der Waals surface area contributed by atoms with Gasteiger partial charge >= 0.3 is 0 Å². The van der Waals surface area contributed by atoms with Crippen LogP contribution in [0.2, 0.25) is 0 Å². The number of aryl methyl sites for hydroxylation is 1. The molecule has 4 rings (SSSR count). The van der Waals surface area contributed by atoms with E-state index < -0.39 is 22.0 Å². The van der Waals surface area contributed by atoms with Gasteiger partial charge in [-0.2, -0.15) is 4.31 Å². The molecule has 1 fully saturated rings. The van der Waals surface area contributed by atoms with Crippen LogP contribution in [0.15, 0.2) is 41.3 Å². The van der Waals surface area contributed by atoms with Gasteiger partial charge in [-0.15, -0.1) is 5.10 Å². The number of nitrogens with one attached hydrogen (secondary N) is 1. The number of benzene rings is 2. The Morgan fingerprint density at radius 3 is 2.71 bits per heavy atom. The minimum atomic E-state index is -3.93. The van der Waals surface area contributed by atoms with Crippen molar-refractivity contribution in [2.24, 2.45) is 0 Å². The molecule has 0 saturated carbocycles. The summed E-state index contributed by atoms with van der Waals surface area (Å²) in [6.45, 7) is 3.00. The summed E-state index contributed by atoms with van der Waals surface area (Å²) >= 11 is 0. The van der Waals surface area contributed by atoms with Gasteiger partial charge in [-0.1, -0.05) is 18.6 Å². The van der Waals surface area contributed by atoms with Crippen molar-refractivity contribution in [1.82, 2.24) is 19.3 Å². The summed E-state index contributed by atoms with van der Waals surface area (Å²) < 4.78 is 40.8. The Balaban J connectivity index is 1.62. The summed E-state index contributed by atoms with van der Waals surface area (Å²) in [5.74, 6) is 0.596. The predicted molar refractivity (Wildman–Crippen MR) is 128 cm³/mol. The fourth-order valence-corrected chi connectivity index (χ4v) is 5.88. The molecular weight excluding hydrogens is 458 g/mol. The molecule has 1 amide bonds. The highest BCUT2D eigenvalue weighted by atomic mass is 32.2. The van der Waals surface area contributed by atoms with Crippen LogP contribution in [-0.4, -0.2) is 60.4 Å². The van der Waals surface area contributed by atoms with Gasteiger partial charge in [-0.25, -0.2) is 13.1 Å². The zero-order chi connectivity index (χ0) is 24.3. The lowest BCUT2D eigenvalue weighted by Gasteiger charge is -2.33. The quantitative estimate of drug-likeness (QED) is 0.519. The number of piperidine rings is 1. The number of carbonyl (C=O) groups is 1. The summed E-state index contributed by atoms with van der Waals surface area (Å²) in [5, 5.41) is 11.1. The van der Waals surface area contributed by atoms with E-state index in [4.69, 9.17) is 9.47 Å². The lowest BCUT2D eigenvalue weighted by molar-refractivity contribution is -0.120. The lowest BCUT2D eigenvalue weighted by atomic mass is 10.0. The van der Waals surface area contributed by atoms with E-state index in [0.29, 0.717) is 42.1 Å². The van der Waals surface area contributed by atoms with Crippen LogP contribution in [0.4, 0.5) is 5.69 Å². The average molecular weight is 488 g/mol. The molecular formula is C23H29N5O5S. The van der Waals surface area contributed by atoms with Gasteiger partial charge in [-0.05, 0) is 49.6 Å². The molecule has 1 atom stereocenters. The fourth-order valence-electron chi connectivity index (χ4n) is 4.21. The van der Waals surface area contributed by atoms with Crippen molar-refractivity contribution >= 4 is 32.7 Å². The third-order valence-corrected chi connectivity index (χ3v) is 7.85. The van der Waals surface area contributed by atoms with Gasteiger partial charge in [0.1, 0.15) is 23.1 Å². The highest BCUT2D eigenvalue weighted by molar-refractivity contribution is 7.89. The monoisotopic (exact) mass is 487 g/mol. The minimum Gasteiger partial charge on any atom is -0.497 e. The Labute approximate surface area is 198 Å². The topological polar surface area (TPSA) is 116 Å². The number of sulfonamides is 1. The van der Waals surface area contributed by atoms with E-state index in [0.717, 1.165) is 18.4 Å². The van der Waals surface area contributed by atoms with Crippen LogP contribution in [0.1, 0.15) is 32.6 Å². The van der Waals surface area contributed by atoms with Crippen molar-refractivity contribution in [3.8, 4) is 11.5 Å². The lowest BCUT2D eigenvalue weighted by Crippen LogP contribution is -2.49.